The molecule has 0 unspecified atom stereocenters. The highest BCUT2D eigenvalue weighted by Crippen LogP contribution is 2.10. The van der Waals surface area contributed by atoms with Gasteiger partial charge in [0.1, 0.15) is 4.88 Å². The highest BCUT2D eigenvalue weighted by atomic mass is 32.1. The van der Waals surface area contributed by atoms with Gasteiger partial charge in [0.2, 0.25) is 0 Å². The molecule has 1 amide bonds. The third-order valence-corrected chi connectivity index (χ3v) is 2.60. The van der Waals surface area contributed by atoms with Crippen molar-refractivity contribution < 1.29 is 9.53 Å². The smallest absolute Gasteiger partial charge is 0.265 e. The number of hydrogen-bond acceptors (Lipinski definition) is 5. The van der Waals surface area contributed by atoms with Crippen molar-refractivity contribution in [3.63, 3.8) is 0 Å². The van der Waals surface area contributed by atoms with E-state index in [4.69, 9.17) is 4.74 Å². The minimum Gasteiger partial charge on any atom is -0.380 e. The van der Waals surface area contributed by atoms with Gasteiger partial charge >= 0.3 is 0 Å². The Kier molecular flexibility index (Phi) is 5.20. The summed E-state index contributed by atoms with van der Waals surface area (Å²) < 4.78 is 8.87. The maximum Gasteiger partial charge on any atom is 0.265 e. The molecule has 1 rings (SSSR count). The second-order valence-corrected chi connectivity index (χ2v) is 3.61. The predicted octanol–water partition coefficient (Wildman–Crippen LogP) is 0.867. The van der Waals surface area contributed by atoms with Crippen molar-refractivity contribution >= 4 is 17.4 Å². The van der Waals surface area contributed by atoms with E-state index in [1.54, 1.807) is 0 Å². The summed E-state index contributed by atoms with van der Waals surface area (Å²) in [4.78, 5) is 12.2. The van der Waals surface area contributed by atoms with Gasteiger partial charge in [-0.3, -0.25) is 4.79 Å². The normalized spacial score (nSPS) is 10.3. The fraction of sp³-hybridized carbons (Fsp3) is 0.667. The third-order valence-electron chi connectivity index (χ3n) is 1.83. The van der Waals surface area contributed by atoms with Crippen LogP contribution in [-0.2, 0) is 11.2 Å². The van der Waals surface area contributed by atoms with Crippen molar-refractivity contribution in [1.82, 2.24) is 14.9 Å². The average molecular weight is 229 g/mol. The van der Waals surface area contributed by atoms with E-state index in [1.165, 1.54) is 0 Å². The van der Waals surface area contributed by atoms with Gasteiger partial charge in [0.25, 0.3) is 5.91 Å². The minimum absolute atomic E-state index is 0.110. The Morgan fingerprint density at radius 3 is 3.00 bits per heavy atom. The lowest BCUT2D eigenvalue weighted by Crippen LogP contribution is -2.27. The number of carbonyl (C=O) groups excluding carboxylic acids is 1. The van der Waals surface area contributed by atoms with Crippen LogP contribution in [0.2, 0.25) is 0 Å². The first-order valence-electron chi connectivity index (χ1n) is 4.96. The molecule has 0 saturated heterocycles. The van der Waals surface area contributed by atoms with Crippen molar-refractivity contribution in [3.8, 4) is 0 Å². The molecular formula is C9H15N3O2S. The maximum absolute atomic E-state index is 11.6. The number of nitrogens with one attached hydrogen (secondary N) is 1. The Labute approximate surface area is 93.0 Å². The molecule has 0 aromatic carbocycles. The average Bonchev–Trinajstić information content (AvgIpc) is 2.72. The summed E-state index contributed by atoms with van der Waals surface area (Å²) in [6, 6.07) is 0. The maximum atomic E-state index is 11.6. The zero-order valence-electron chi connectivity index (χ0n) is 8.95. The fourth-order valence-corrected chi connectivity index (χ4v) is 1.74. The number of aromatic nitrogens is 2. The second kappa shape index (κ2) is 6.47. The first-order valence-corrected chi connectivity index (χ1v) is 5.74. The van der Waals surface area contributed by atoms with E-state index in [-0.39, 0.29) is 5.91 Å². The number of nitrogens with zero attached hydrogens (tertiary/aromatic N) is 2. The number of carbonyl (C=O) groups is 1. The van der Waals surface area contributed by atoms with E-state index in [2.05, 4.69) is 14.9 Å². The Balaban J connectivity index is 2.40. The summed E-state index contributed by atoms with van der Waals surface area (Å²) >= 11 is 1.13. The molecule has 6 heteroatoms. The van der Waals surface area contributed by atoms with Crippen LogP contribution >= 0.6 is 11.5 Å². The minimum atomic E-state index is -0.110. The SMILES string of the molecule is CCOCCNC(=O)c1snnc1CC. The fourth-order valence-electron chi connectivity index (χ4n) is 1.07. The Morgan fingerprint density at radius 2 is 2.33 bits per heavy atom. The lowest BCUT2D eigenvalue weighted by molar-refractivity contribution is 0.0925. The van der Waals surface area contributed by atoms with Crippen LogP contribution in [0.15, 0.2) is 0 Å². The lowest BCUT2D eigenvalue weighted by atomic mass is 10.3. The molecule has 5 nitrogen and oxygen atoms in total. The van der Waals surface area contributed by atoms with Crippen LogP contribution in [-0.4, -0.2) is 35.3 Å². The van der Waals surface area contributed by atoms with Crippen LogP contribution in [0.5, 0.6) is 0 Å². The molecule has 15 heavy (non-hydrogen) atoms. The van der Waals surface area contributed by atoms with Crippen molar-refractivity contribution in [2.24, 2.45) is 0 Å². The van der Waals surface area contributed by atoms with Crippen LogP contribution in [0, 0.1) is 0 Å². The number of hydrogen-bond donors (Lipinski definition) is 1. The number of aryl methyl sites for hydroxylation is 1. The zero-order chi connectivity index (χ0) is 11.1. The van der Waals surface area contributed by atoms with Crippen LogP contribution in [0.25, 0.3) is 0 Å². The molecule has 1 N–H and O–H groups in total. The van der Waals surface area contributed by atoms with Crippen molar-refractivity contribution in [3.05, 3.63) is 10.6 Å². The Hall–Kier alpha value is -1.01. The molecule has 0 atom stereocenters. The van der Waals surface area contributed by atoms with Crippen LogP contribution in [0.1, 0.15) is 29.2 Å². The third kappa shape index (κ3) is 3.56. The van der Waals surface area contributed by atoms with Crippen molar-refractivity contribution in [2.45, 2.75) is 20.3 Å². The highest BCUT2D eigenvalue weighted by molar-refractivity contribution is 7.08. The molecule has 0 fully saturated rings. The largest absolute Gasteiger partial charge is 0.380 e. The molecule has 0 aliphatic carbocycles. The van der Waals surface area contributed by atoms with Gasteiger partial charge in [-0.15, -0.1) is 5.10 Å². The van der Waals surface area contributed by atoms with Crippen LogP contribution in [0.3, 0.4) is 0 Å². The van der Waals surface area contributed by atoms with Gasteiger partial charge in [-0.1, -0.05) is 11.4 Å². The van der Waals surface area contributed by atoms with E-state index in [0.29, 0.717) is 24.6 Å². The summed E-state index contributed by atoms with van der Waals surface area (Å²) in [5.74, 6) is -0.110. The lowest BCUT2D eigenvalue weighted by Gasteiger charge is -2.03. The van der Waals surface area contributed by atoms with E-state index >= 15 is 0 Å². The second-order valence-electron chi connectivity index (χ2n) is 2.86. The van der Waals surface area contributed by atoms with Crippen LogP contribution in [0.4, 0.5) is 0 Å². The molecule has 0 aliphatic rings. The summed E-state index contributed by atoms with van der Waals surface area (Å²) in [5.41, 5.74) is 0.758. The van der Waals surface area contributed by atoms with Gasteiger partial charge in [-0.05, 0) is 24.9 Å². The molecule has 0 spiro atoms. The predicted molar refractivity (Wildman–Crippen MR) is 58.1 cm³/mol. The molecule has 0 radical (unpaired) electrons. The van der Waals surface area contributed by atoms with Gasteiger partial charge in [0.15, 0.2) is 0 Å². The summed E-state index contributed by atoms with van der Waals surface area (Å²) in [6.07, 6.45) is 0.727. The quantitative estimate of drug-likeness (QED) is 0.735. The van der Waals surface area contributed by atoms with Gasteiger partial charge in [0.05, 0.1) is 12.3 Å². The van der Waals surface area contributed by atoms with Gasteiger partial charge in [-0.2, -0.15) is 0 Å². The molecule has 0 saturated carbocycles. The standard InChI is InChI=1S/C9H15N3O2S/c1-3-7-8(15-12-11-7)9(13)10-5-6-14-4-2/h3-6H2,1-2H3,(H,10,13). The zero-order valence-corrected chi connectivity index (χ0v) is 9.76. The Bertz CT molecular complexity index is 314. The molecule has 84 valence electrons. The van der Waals surface area contributed by atoms with E-state index < -0.39 is 0 Å². The summed E-state index contributed by atoms with van der Waals surface area (Å²) in [5, 5.41) is 6.64. The van der Waals surface area contributed by atoms with Gasteiger partial charge in [-0.25, -0.2) is 0 Å². The van der Waals surface area contributed by atoms with Crippen molar-refractivity contribution in [1.29, 1.82) is 0 Å². The van der Waals surface area contributed by atoms with Gasteiger partial charge in [0, 0.05) is 13.2 Å². The number of ether oxygens (including phenoxy) is 1. The number of amides is 1. The monoisotopic (exact) mass is 229 g/mol. The summed E-state index contributed by atoms with van der Waals surface area (Å²) in [7, 11) is 0. The first-order chi connectivity index (χ1) is 7.29. The van der Waals surface area contributed by atoms with E-state index in [9.17, 15) is 4.79 Å². The van der Waals surface area contributed by atoms with E-state index in [0.717, 1.165) is 23.6 Å². The van der Waals surface area contributed by atoms with Gasteiger partial charge < -0.3 is 10.1 Å². The molecule has 1 heterocycles. The Morgan fingerprint density at radius 1 is 1.53 bits per heavy atom. The highest BCUT2D eigenvalue weighted by Gasteiger charge is 2.13. The topological polar surface area (TPSA) is 64.1 Å². The molecular weight excluding hydrogens is 214 g/mol. The van der Waals surface area contributed by atoms with Crippen LogP contribution < -0.4 is 5.32 Å². The molecule has 1 aromatic heterocycles. The first kappa shape index (κ1) is 12.1. The molecule has 1 aromatic rings. The van der Waals surface area contributed by atoms with E-state index in [1.807, 2.05) is 13.8 Å². The number of rotatable bonds is 6. The molecule has 0 bridgehead atoms. The van der Waals surface area contributed by atoms with Crippen molar-refractivity contribution in [2.75, 3.05) is 19.8 Å². The molecule has 0 aliphatic heterocycles. The summed E-state index contributed by atoms with van der Waals surface area (Å²) in [6.45, 7) is 5.60.